The minimum Gasteiger partial charge on any atom is -0.397 e. The van der Waals surface area contributed by atoms with E-state index in [9.17, 15) is 14.7 Å². The number of hydrogen-bond acceptors (Lipinski definition) is 10. The molecule has 2 aliphatic rings. The van der Waals surface area contributed by atoms with Crippen molar-refractivity contribution in [1.82, 2.24) is 14.9 Å². The van der Waals surface area contributed by atoms with Crippen LogP contribution in [0, 0.1) is 0 Å². The van der Waals surface area contributed by atoms with E-state index in [0.29, 0.717) is 29.9 Å². The van der Waals surface area contributed by atoms with Crippen molar-refractivity contribution in [3.8, 4) is 0 Å². The largest absolute Gasteiger partial charge is 0.397 e. The Morgan fingerprint density at radius 2 is 1.57 bits per heavy atom. The maximum Gasteiger partial charge on any atom is 0.225 e. The Labute approximate surface area is 286 Å². The molecule has 49 heavy (non-hydrogen) atoms. The maximum absolute atomic E-state index is 12.8. The van der Waals surface area contributed by atoms with Crippen molar-refractivity contribution < 1.29 is 24.2 Å². The molecule has 0 saturated carbocycles. The molecule has 3 atom stereocenters. The highest BCUT2D eigenvalue weighted by molar-refractivity contribution is 5.94. The number of aliphatic hydroxyl groups is 1. The van der Waals surface area contributed by atoms with Gasteiger partial charge in [-0.3, -0.25) is 14.5 Å². The van der Waals surface area contributed by atoms with E-state index in [0.717, 1.165) is 55.4 Å². The van der Waals surface area contributed by atoms with Gasteiger partial charge in [0, 0.05) is 75.6 Å². The fraction of sp³-hybridized carbons (Fsp3) is 0.351. The molecule has 0 spiro atoms. The fourth-order valence-electron chi connectivity index (χ4n) is 6.13. The van der Waals surface area contributed by atoms with Gasteiger partial charge in [-0.15, -0.1) is 0 Å². The second kappa shape index (κ2) is 16.5. The standard InChI is InChI=1S/C37H43N7O5/c38-31-8-1-2-9-32(31)42-35(47)11-4-10-34(46)41-29-7-3-6-28(22-29)36-48-30(23-33(49-36)27-14-12-26(25-45)13-15-27)24-43-18-20-44(21-19-43)37-39-16-5-17-40-37/h1-3,5-9,12-17,22,30,33,36,45H,4,10-11,18-21,23-25,38H2,(H,41,46)(H,42,47)/t30-,33+,36+/m1/s1. The zero-order valence-electron chi connectivity index (χ0n) is 27.4. The van der Waals surface area contributed by atoms with Crippen molar-refractivity contribution in [2.75, 3.05) is 54.0 Å². The number of para-hydroxylation sites is 2. The molecule has 2 aliphatic heterocycles. The molecule has 0 radical (unpaired) electrons. The Hall–Kier alpha value is -4.88. The van der Waals surface area contributed by atoms with E-state index in [1.54, 1.807) is 36.7 Å². The highest BCUT2D eigenvalue weighted by atomic mass is 16.7. The molecular weight excluding hydrogens is 622 g/mol. The fourth-order valence-corrected chi connectivity index (χ4v) is 6.13. The number of anilines is 4. The first-order valence-corrected chi connectivity index (χ1v) is 16.7. The number of carbonyl (C=O) groups excluding carboxylic acids is 2. The van der Waals surface area contributed by atoms with Crippen LogP contribution in [0.15, 0.2) is 91.3 Å². The molecule has 5 N–H and O–H groups in total. The van der Waals surface area contributed by atoms with Crippen LogP contribution < -0.4 is 21.3 Å². The van der Waals surface area contributed by atoms with Gasteiger partial charge in [-0.1, -0.05) is 48.5 Å². The van der Waals surface area contributed by atoms with E-state index in [1.165, 1.54) is 0 Å². The molecule has 3 aromatic carbocycles. The van der Waals surface area contributed by atoms with Gasteiger partial charge in [0.05, 0.1) is 30.2 Å². The average Bonchev–Trinajstić information content (AvgIpc) is 3.13. The number of aromatic nitrogens is 2. The summed E-state index contributed by atoms with van der Waals surface area (Å²) in [7, 11) is 0. The third kappa shape index (κ3) is 9.39. The lowest BCUT2D eigenvalue weighted by molar-refractivity contribution is -0.253. The zero-order chi connectivity index (χ0) is 34.0. The van der Waals surface area contributed by atoms with Crippen LogP contribution in [0.4, 0.5) is 23.0 Å². The number of nitrogens with one attached hydrogen (secondary N) is 2. The molecule has 12 heteroatoms. The molecule has 0 bridgehead atoms. The Balaban J connectivity index is 1.07. The molecule has 3 heterocycles. The van der Waals surface area contributed by atoms with Crippen molar-refractivity contribution in [2.24, 2.45) is 0 Å². The number of nitrogens with zero attached hydrogens (tertiary/aromatic N) is 4. The molecule has 0 unspecified atom stereocenters. The number of aliphatic hydroxyl groups excluding tert-OH is 1. The van der Waals surface area contributed by atoms with E-state index in [4.69, 9.17) is 15.2 Å². The van der Waals surface area contributed by atoms with Crippen LogP contribution in [-0.2, 0) is 25.7 Å². The van der Waals surface area contributed by atoms with Crippen LogP contribution in [-0.4, -0.2) is 70.6 Å². The Morgan fingerprint density at radius 1 is 0.837 bits per heavy atom. The van der Waals surface area contributed by atoms with E-state index in [1.807, 2.05) is 54.6 Å². The van der Waals surface area contributed by atoms with E-state index < -0.39 is 6.29 Å². The van der Waals surface area contributed by atoms with Crippen LogP contribution in [0.25, 0.3) is 0 Å². The summed E-state index contributed by atoms with van der Waals surface area (Å²) in [6.45, 7) is 4.11. The summed E-state index contributed by atoms with van der Waals surface area (Å²) < 4.78 is 13.1. The third-order valence-electron chi connectivity index (χ3n) is 8.77. The first-order chi connectivity index (χ1) is 23.9. The molecule has 12 nitrogen and oxygen atoms in total. The van der Waals surface area contributed by atoms with Gasteiger partial charge in [0.1, 0.15) is 0 Å². The second-order valence-electron chi connectivity index (χ2n) is 12.3. The highest BCUT2D eigenvalue weighted by Gasteiger charge is 2.34. The Morgan fingerprint density at radius 3 is 2.31 bits per heavy atom. The molecule has 1 aromatic heterocycles. The maximum atomic E-state index is 12.8. The quantitative estimate of drug-likeness (QED) is 0.157. The van der Waals surface area contributed by atoms with Crippen LogP contribution in [0.2, 0.25) is 0 Å². The van der Waals surface area contributed by atoms with Gasteiger partial charge in [0.2, 0.25) is 17.8 Å². The summed E-state index contributed by atoms with van der Waals surface area (Å²) in [5.74, 6) is 0.373. The summed E-state index contributed by atoms with van der Waals surface area (Å²) in [4.78, 5) is 38.6. The lowest BCUT2D eigenvalue weighted by atomic mass is 9.99. The molecule has 2 fully saturated rings. The SMILES string of the molecule is Nc1ccccc1NC(=O)CCCC(=O)Nc1cccc([C@H]2O[C@@H](CN3CCN(c4ncccn4)CC3)C[C@@H](c3ccc(CO)cc3)O2)c1. The van der Waals surface area contributed by atoms with Crippen molar-refractivity contribution in [1.29, 1.82) is 0 Å². The summed E-state index contributed by atoms with van der Waals surface area (Å²) in [6, 6.07) is 24.2. The number of rotatable bonds is 12. The second-order valence-corrected chi connectivity index (χ2v) is 12.3. The number of benzene rings is 3. The van der Waals surface area contributed by atoms with Gasteiger partial charge in [0.15, 0.2) is 6.29 Å². The number of amides is 2. The van der Waals surface area contributed by atoms with Crippen molar-refractivity contribution >= 4 is 34.8 Å². The van der Waals surface area contributed by atoms with Crippen molar-refractivity contribution in [2.45, 2.75) is 50.8 Å². The summed E-state index contributed by atoms with van der Waals surface area (Å²) in [6.07, 6.45) is 4.03. The lowest BCUT2D eigenvalue weighted by Gasteiger charge is -2.40. The normalized spacial score (nSPS) is 19.7. The molecule has 256 valence electrons. The number of nitrogens with two attached hydrogens (primary N) is 1. The molecule has 0 aliphatic carbocycles. The summed E-state index contributed by atoms with van der Waals surface area (Å²) in [5, 5.41) is 15.3. The average molecular weight is 666 g/mol. The van der Waals surface area contributed by atoms with Crippen LogP contribution >= 0.6 is 0 Å². The minimum absolute atomic E-state index is 0.0192. The zero-order valence-corrected chi connectivity index (χ0v) is 27.4. The van der Waals surface area contributed by atoms with E-state index >= 15 is 0 Å². The summed E-state index contributed by atoms with van der Waals surface area (Å²) in [5.41, 5.74) is 10.2. The van der Waals surface area contributed by atoms with Gasteiger partial charge < -0.3 is 35.8 Å². The number of piperazine rings is 1. The molecule has 6 rings (SSSR count). The van der Waals surface area contributed by atoms with Gasteiger partial charge in [-0.25, -0.2) is 9.97 Å². The van der Waals surface area contributed by atoms with Crippen molar-refractivity contribution in [3.05, 3.63) is 108 Å². The van der Waals surface area contributed by atoms with Crippen LogP contribution in [0.5, 0.6) is 0 Å². The topological polar surface area (TPSA) is 155 Å². The van der Waals surface area contributed by atoms with Gasteiger partial charge in [-0.2, -0.15) is 0 Å². The Bertz CT molecular complexity index is 1680. The minimum atomic E-state index is -0.647. The molecular formula is C37H43N7O5. The van der Waals surface area contributed by atoms with Gasteiger partial charge >= 0.3 is 0 Å². The molecule has 2 saturated heterocycles. The monoisotopic (exact) mass is 665 g/mol. The van der Waals surface area contributed by atoms with Crippen LogP contribution in [0.1, 0.15) is 54.8 Å². The van der Waals surface area contributed by atoms with Crippen molar-refractivity contribution in [3.63, 3.8) is 0 Å². The van der Waals surface area contributed by atoms with E-state index in [2.05, 4.69) is 30.4 Å². The number of nitrogen functional groups attached to an aromatic ring is 1. The highest BCUT2D eigenvalue weighted by Crippen LogP contribution is 2.39. The number of carbonyl (C=O) groups is 2. The van der Waals surface area contributed by atoms with E-state index in [-0.39, 0.29) is 43.5 Å². The third-order valence-corrected chi connectivity index (χ3v) is 8.77. The van der Waals surface area contributed by atoms with Gasteiger partial charge in [-0.05, 0) is 47.9 Å². The first-order valence-electron chi connectivity index (χ1n) is 16.7. The number of hydrogen-bond donors (Lipinski definition) is 4. The smallest absolute Gasteiger partial charge is 0.225 e. The summed E-state index contributed by atoms with van der Waals surface area (Å²) >= 11 is 0. The first kappa shape index (κ1) is 34.0. The van der Waals surface area contributed by atoms with Crippen LogP contribution in [0.3, 0.4) is 0 Å². The lowest BCUT2D eigenvalue weighted by Crippen LogP contribution is -2.50. The number of ether oxygens (including phenoxy) is 2. The van der Waals surface area contributed by atoms with Gasteiger partial charge in [0.25, 0.3) is 0 Å². The predicted octanol–water partition coefficient (Wildman–Crippen LogP) is 4.67. The molecule has 2 amide bonds. The molecule has 4 aromatic rings. The Kier molecular flexibility index (Phi) is 11.4. The predicted molar refractivity (Wildman–Crippen MR) is 188 cm³/mol.